The molecule has 2 aliphatic heterocycles. The van der Waals surface area contributed by atoms with Gasteiger partial charge in [0.05, 0.1) is 36.0 Å². The fourth-order valence-electron chi connectivity index (χ4n) is 5.87. The summed E-state index contributed by atoms with van der Waals surface area (Å²) in [6, 6.07) is 9.74. The summed E-state index contributed by atoms with van der Waals surface area (Å²) < 4.78 is 98.6. The number of ether oxygens (including phenoxy) is 3. The van der Waals surface area contributed by atoms with Crippen LogP contribution < -0.4 is 0 Å². The first-order valence-electron chi connectivity index (χ1n) is 14.2. The van der Waals surface area contributed by atoms with E-state index in [1.165, 1.54) is 11.8 Å². The van der Waals surface area contributed by atoms with Crippen molar-refractivity contribution in [2.45, 2.75) is 95.4 Å². The van der Waals surface area contributed by atoms with Gasteiger partial charge in [-0.3, -0.25) is 0 Å². The fourth-order valence-corrected chi connectivity index (χ4v) is 5.87. The molecular formula is C31H37F6NO5. The Hall–Kier alpha value is -2.83. The molecule has 2 fully saturated rings. The van der Waals surface area contributed by atoms with Gasteiger partial charge in [-0.1, -0.05) is 30.3 Å². The third kappa shape index (κ3) is 8.02. The van der Waals surface area contributed by atoms with Crippen LogP contribution in [0.3, 0.4) is 0 Å². The largest absolute Gasteiger partial charge is 0.444 e. The van der Waals surface area contributed by atoms with Gasteiger partial charge in [-0.15, -0.1) is 0 Å². The molecule has 2 saturated heterocycles. The van der Waals surface area contributed by atoms with Crippen LogP contribution in [0.25, 0.3) is 0 Å². The molecule has 0 aliphatic carbocycles. The second kappa shape index (κ2) is 12.6. The van der Waals surface area contributed by atoms with E-state index in [1.807, 2.05) is 0 Å². The van der Waals surface area contributed by atoms with Crippen molar-refractivity contribution in [3.05, 3.63) is 70.8 Å². The first kappa shape index (κ1) is 33.1. The summed E-state index contributed by atoms with van der Waals surface area (Å²) in [5.41, 5.74) is -3.20. The van der Waals surface area contributed by atoms with Gasteiger partial charge in [-0.25, -0.2) is 4.79 Å². The molecule has 4 rings (SSSR count). The SMILES string of the molecule is CC(OC1OCCC(C(O)C2CCCN2C(=O)OC(C)(C)C)C1c1ccccc1)c1cc(C(F)(F)F)cc(C(F)(F)F)c1. The molecule has 0 radical (unpaired) electrons. The van der Waals surface area contributed by atoms with Crippen molar-refractivity contribution in [2.24, 2.45) is 5.92 Å². The Bertz CT molecular complexity index is 1210. The maximum absolute atomic E-state index is 13.5. The van der Waals surface area contributed by atoms with Gasteiger partial charge in [0.2, 0.25) is 0 Å². The lowest BCUT2D eigenvalue weighted by atomic mass is 9.76. The van der Waals surface area contributed by atoms with E-state index < -0.39 is 71.5 Å². The Morgan fingerprint density at radius 3 is 2.14 bits per heavy atom. The lowest BCUT2D eigenvalue weighted by Gasteiger charge is -2.44. The zero-order valence-corrected chi connectivity index (χ0v) is 24.4. The van der Waals surface area contributed by atoms with E-state index in [4.69, 9.17) is 14.2 Å². The van der Waals surface area contributed by atoms with Gasteiger partial charge in [0.15, 0.2) is 6.29 Å². The number of halogens is 6. The van der Waals surface area contributed by atoms with E-state index in [-0.39, 0.29) is 18.2 Å². The summed E-state index contributed by atoms with van der Waals surface area (Å²) in [6.07, 6.45) is -12.3. The van der Waals surface area contributed by atoms with E-state index in [0.29, 0.717) is 43.5 Å². The second-order valence-corrected chi connectivity index (χ2v) is 12.1. The molecule has 6 unspecified atom stereocenters. The predicted octanol–water partition coefficient (Wildman–Crippen LogP) is 7.71. The molecule has 1 N–H and O–H groups in total. The number of alkyl halides is 6. The topological polar surface area (TPSA) is 68.2 Å². The average molecular weight is 618 g/mol. The van der Waals surface area contributed by atoms with Crippen molar-refractivity contribution in [3.8, 4) is 0 Å². The Kier molecular flexibility index (Phi) is 9.73. The van der Waals surface area contributed by atoms with Crippen molar-refractivity contribution in [3.63, 3.8) is 0 Å². The highest BCUT2D eigenvalue weighted by molar-refractivity contribution is 5.69. The zero-order chi connectivity index (χ0) is 31.7. The number of aliphatic hydroxyl groups is 1. The standard InChI is InChI=1S/C31H37F6NO5/c1-18(20-15-21(30(32,33)34)17-22(16-20)31(35,36)37)42-27-25(19-9-6-5-7-10-19)23(12-14-41-27)26(39)24-11-8-13-38(24)28(40)43-29(2,3)4/h5-7,9-10,15-18,23-27,39H,8,11-14H2,1-4H3. The van der Waals surface area contributed by atoms with Crippen molar-refractivity contribution < 1.29 is 50.5 Å². The molecule has 2 aromatic rings. The number of aliphatic hydroxyl groups excluding tert-OH is 1. The quantitative estimate of drug-likeness (QED) is 0.337. The Morgan fingerprint density at radius 1 is 0.977 bits per heavy atom. The molecule has 2 aliphatic rings. The molecule has 6 atom stereocenters. The molecule has 43 heavy (non-hydrogen) atoms. The van der Waals surface area contributed by atoms with E-state index in [2.05, 4.69) is 0 Å². The monoisotopic (exact) mass is 617 g/mol. The van der Waals surface area contributed by atoms with Crippen molar-refractivity contribution >= 4 is 6.09 Å². The molecule has 1 amide bonds. The lowest BCUT2D eigenvalue weighted by molar-refractivity contribution is -0.219. The minimum absolute atomic E-state index is 0.0739. The van der Waals surface area contributed by atoms with Gasteiger partial charge in [-0.2, -0.15) is 26.3 Å². The van der Waals surface area contributed by atoms with Crippen LogP contribution in [0, 0.1) is 5.92 Å². The molecule has 2 aromatic carbocycles. The molecule has 0 spiro atoms. The van der Waals surface area contributed by atoms with Crippen LogP contribution in [-0.4, -0.2) is 53.3 Å². The molecule has 0 bridgehead atoms. The second-order valence-electron chi connectivity index (χ2n) is 12.1. The molecular weight excluding hydrogens is 580 g/mol. The van der Waals surface area contributed by atoms with E-state index in [1.54, 1.807) is 51.1 Å². The maximum atomic E-state index is 13.5. The van der Waals surface area contributed by atoms with Crippen molar-refractivity contribution in [2.75, 3.05) is 13.2 Å². The van der Waals surface area contributed by atoms with Gasteiger partial charge < -0.3 is 24.2 Å². The van der Waals surface area contributed by atoms with Gasteiger partial charge in [0.25, 0.3) is 0 Å². The predicted molar refractivity (Wildman–Crippen MR) is 145 cm³/mol. The summed E-state index contributed by atoms with van der Waals surface area (Å²) in [4.78, 5) is 14.5. The number of likely N-dealkylation sites (tertiary alicyclic amines) is 1. The number of benzene rings is 2. The van der Waals surface area contributed by atoms with E-state index in [0.717, 1.165) is 0 Å². The Morgan fingerprint density at radius 2 is 1.58 bits per heavy atom. The van der Waals surface area contributed by atoms with Crippen LogP contribution in [0.15, 0.2) is 48.5 Å². The van der Waals surface area contributed by atoms with Crippen LogP contribution in [0.2, 0.25) is 0 Å². The summed E-state index contributed by atoms with van der Waals surface area (Å²) >= 11 is 0. The van der Waals surface area contributed by atoms with Crippen LogP contribution in [0.4, 0.5) is 31.1 Å². The zero-order valence-electron chi connectivity index (χ0n) is 24.4. The highest BCUT2D eigenvalue weighted by Gasteiger charge is 2.47. The van der Waals surface area contributed by atoms with Gasteiger partial charge in [-0.05, 0) is 76.3 Å². The van der Waals surface area contributed by atoms with Crippen LogP contribution in [0.1, 0.15) is 81.2 Å². The smallest absolute Gasteiger partial charge is 0.416 e. The summed E-state index contributed by atoms with van der Waals surface area (Å²) in [5, 5.41) is 11.7. The van der Waals surface area contributed by atoms with Gasteiger partial charge >= 0.3 is 18.4 Å². The third-order valence-corrected chi connectivity index (χ3v) is 7.85. The normalized spacial score (nSPS) is 25.0. The Balaban J connectivity index is 1.64. The van der Waals surface area contributed by atoms with E-state index >= 15 is 0 Å². The molecule has 12 heteroatoms. The summed E-state index contributed by atoms with van der Waals surface area (Å²) in [5.74, 6) is -1.14. The number of carbonyl (C=O) groups excluding carboxylic acids is 1. The fraction of sp³-hybridized carbons (Fsp3) is 0.581. The molecule has 2 heterocycles. The average Bonchev–Trinajstić information content (AvgIpc) is 3.41. The number of hydrogen-bond donors (Lipinski definition) is 1. The number of hydrogen-bond acceptors (Lipinski definition) is 5. The highest BCUT2D eigenvalue weighted by atomic mass is 19.4. The lowest BCUT2D eigenvalue weighted by Crippen LogP contribution is -2.51. The summed E-state index contributed by atoms with van der Waals surface area (Å²) in [7, 11) is 0. The number of nitrogens with zero attached hydrogens (tertiary/aromatic N) is 1. The highest BCUT2D eigenvalue weighted by Crippen LogP contribution is 2.44. The maximum Gasteiger partial charge on any atom is 0.416 e. The van der Waals surface area contributed by atoms with Gasteiger partial charge in [0, 0.05) is 18.4 Å². The van der Waals surface area contributed by atoms with Crippen LogP contribution in [0.5, 0.6) is 0 Å². The molecule has 6 nitrogen and oxygen atoms in total. The van der Waals surface area contributed by atoms with Crippen molar-refractivity contribution in [1.29, 1.82) is 0 Å². The van der Waals surface area contributed by atoms with E-state index in [9.17, 15) is 36.2 Å². The van der Waals surface area contributed by atoms with Gasteiger partial charge in [0.1, 0.15) is 5.60 Å². The number of carbonyl (C=O) groups is 1. The molecule has 0 saturated carbocycles. The third-order valence-electron chi connectivity index (χ3n) is 7.85. The minimum Gasteiger partial charge on any atom is -0.444 e. The Labute approximate surface area is 246 Å². The minimum atomic E-state index is -5.00. The molecule has 0 aromatic heterocycles. The van der Waals surface area contributed by atoms with Crippen molar-refractivity contribution in [1.82, 2.24) is 4.90 Å². The first-order chi connectivity index (χ1) is 20.0. The first-order valence-corrected chi connectivity index (χ1v) is 14.2. The summed E-state index contributed by atoms with van der Waals surface area (Å²) in [6.45, 7) is 7.15. The molecule has 238 valence electrons. The number of rotatable bonds is 6. The van der Waals surface area contributed by atoms with Crippen LogP contribution in [-0.2, 0) is 26.6 Å². The number of amides is 1. The van der Waals surface area contributed by atoms with Crippen LogP contribution >= 0.6 is 0 Å².